The quantitative estimate of drug-likeness (QED) is 0.815. The van der Waals surface area contributed by atoms with Gasteiger partial charge in [0.1, 0.15) is 5.82 Å². The maximum absolute atomic E-state index is 12.6. The van der Waals surface area contributed by atoms with E-state index in [-0.39, 0.29) is 11.8 Å². The van der Waals surface area contributed by atoms with Gasteiger partial charge in [-0.05, 0) is 25.0 Å². The number of amides is 1. The van der Waals surface area contributed by atoms with Crippen LogP contribution in [0.15, 0.2) is 30.7 Å². The van der Waals surface area contributed by atoms with Crippen LogP contribution in [-0.4, -0.2) is 29.0 Å². The maximum atomic E-state index is 12.6. The molecule has 1 aromatic heterocycles. The van der Waals surface area contributed by atoms with Crippen molar-refractivity contribution in [1.29, 1.82) is 0 Å². The molecule has 0 bridgehead atoms. The number of nitrogens with one attached hydrogen (secondary N) is 1. The van der Waals surface area contributed by atoms with Crippen molar-refractivity contribution in [2.24, 2.45) is 5.92 Å². The minimum Gasteiger partial charge on any atom is -0.396 e. The molecule has 24 heavy (non-hydrogen) atoms. The molecule has 1 fully saturated rings. The van der Waals surface area contributed by atoms with Crippen molar-refractivity contribution in [3.05, 3.63) is 40.8 Å². The van der Waals surface area contributed by atoms with Gasteiger partial charge in [0.05, 0.1) is 27.8 Å². The number of aromatic nitrogens is 2. The van der Waals surface area contributed by atoms with Gasteiger partial charge >= 0.3 is 0 Å². The predicted molar refractivity (Wildman–Crippen MR) is 96.5 cm³/mol. The fourth-order valence-electron chi connectivity index (χ4n) is 2.75. The van der Waals surface area contributed by atoms with Gasteiger partial charge in [-0.2, -0.15) is 0 Å². The molecule has 3 rings (SSSR count). The molecule has 126 valence electrons. The number of nitrogens with two attached hydrogens (primary N) is 1. The Balaban J connectivity index is 1.69. The number of halogens is 2. The standard InChI is InChI=1S/C16H17Cl2N5O/c17-12-6-11(7-13(18)15(12)19)22-16(24)10-2-1-5-23(9-10)14-8-20-3-4-21-14/h3-4,6-8,10H,1-2,5,9,19H2,(H,22,24)/t10-/m0/s1. The highest BCUT2D eigenvalue weighted by Gasteiger charge is 2.26. The highest BCUT2D eigenvalue weighted by atomic mass is 35.5. The van der Waals surface area contributed by atoms with Gasteiger partial charge in [0.2, 0.25) is 5.91 Å². The predicted octanol–water partition coefficient (Wildman–Crippen LogP) is 3.22. The first kappa shape index (κ1) is 16.8. The molecular formula is C16H17Cl2N5O. The molecule has 2 heterocycles. The average molecular weight is 366 g/mol. The fourth-order valence-corrected chi connectivity index (χ4v) is 3.24. The Hall–Kier alpha value is -2.05. The molecule has 0 unspecified atom stereocenters. The SMILES string of the molecule is Nc1c(Cl)cc(NC(=O)[C@H]2CCCN(c3cnccn3)C2)cc1Cl. The number of rotatable bonds is 3. The summed E-state index contributed by atoms with van der Waals surface area (Å²) in [5.74, 6) is 0.574. The first-order valence-electron chi connectivity index (χ1n) is 7.61. The molecule has 0 saturated carbocycles. The number of benzene rings is 1. The Labute approximate surface area is 150 Å². The van der Waals surface area contributed by atoms with Gasteiger partial charge in [0.25, 0.3) is 0 Å². The maximum Gasteiger partial charge on any atom is 0.229 e. The summed E-state index contributed by atoms with van der Waals surface area (Å²) in [6.07, 6.45) is 6.72. The molecule has 1 aliphatic heterocycles. The van der Waals surface area contributed by atoms with Crippen molar-refractivity contribution < 1.29 is 4.79 Å². The number of nitrogen functional groups attached to an aromatic ring is 1. The van der Waals surface area contributed by atoms with Crippen molar-refractivity contribution in [3.8, 4) is 0 Å². The van der Waals surface area contributed by atoms with Crippen LogP contribution in [0.4, 0.5) is 17.2 Å². The number of nitrogens with zero attached hydrogens (tertiary/aromatic N) is 3. The molecule has 1 saturated heterocycles. The van der Waals surface area contributed by atoms with Crippen LogP contribution in [0.25, 0.3) is 0 Å². The van der Waals surface area contributed by atoms with Gasteiger partial charge < -0.3 is 16.0 Å². The zero-order valence-corrected chi connectivity index (χ0v) is 14.4. The van der Waals surface area contributed by atoms with Crippen molar-refractivity contribution in [1.82, 2.24) is 9.97 Å². The summed E-state index contributed by atoms with van der Waals surface area (Å²) in [5.41, 5.74) is 6.56. The Morgan fingerprint density at radius 3 is 2.71 bits per heavy atom. The van der Waals surface area contributed by atoms with Gasteiger partial charge in [0, 0.05) is 31.2 Å². The van der Waals surface area contributed by atoms with E-state index >= 15 is 0 Å². The minimum atomic E-state index is -0.143. The number of carbonyl (C=O) groups is 1. The van der Waals surface area contributed by atoms with E-state index in [9.17, 15) is 4.79 Å². The summed E-state index contributed by atoms with van der Waals surface area (Å²) in [6.45, 7) is 1.46. The molecule has 0 aliphatic carbocycles. The number of piperidine rings is 1. The Morgan fingerprint density at radius 1 is 1.29 bits per heavy atom. The Morgan fingerprint density at radius 2 is 2.04 bits per heavy atom. The van der Waals surface area contributed by atoms with Gasteiger partial charge in [-0.3, -0.25) is 9.78 Å². The second-order valence-corrected chi connectivity index (χ2v) is 6.51. The summed E-state index contributed by atoms with van der Waals surface area (Å²) in [5, 5.41) is 3.51. The monoisotopic (exact) mass is 365 g/mol. The molecule has 1 atom stereocenters. The normalized spacial score (nSPS) is 17.6. The molecule has 1 amide bonds. The van der Waals surface area contributed by atoms with Crippen molar-refractivity contribution in [3.63, 3.8) is 0 Å². The van der Waals surface area contributed by atoms with E-state index in [1.54, 1.807) is 30.7 Å². The third-order valence-corrected chi connectivity index (χ3v) is 4.64. The van der Waals surface area contributed by atoms with E-state index in [1.807, 2.05) is 0 Å². The molecule has 1 aliphatic rings. The summed E-state index contributed by atoms with van der Waals surface area (Å²) in [7, 11) is 0. The highest BCUT2D eigenvalue weighted by molar-refractivity contribution is 6.39. The summed E-state index contributed by atoms with van der Waals surface area (Å²) < 4.78 is 0. The second-order valence-electron chi connectivity index (χ2n) is 5.69. The van der Waals surface area contributed by atoms with Gasteiger partial charge in [-0.1, -0.05) is 23.2 Å². The lowest BCUT2D eigenvalue weighted by Crippen LogP contribution is -2.41. The third kappa shape index (κ3) is 3.71. The van der Waals surface area contributed by atoms with Gasteiger partial charge in [-0.25, -0.2) is 4.98 Å². The van der Waals surface area contributed by atoms with Crippen LogP contribution in [-0.2, 0) is 4.79 Å². The lowest BCUT2D eigenvalue weighted by Gasteiger charge is -2.32. The van der Waals surface area contributed by atoms with Crippen LogP contribution >= 0.6 is 23.2 Å². The van der Waals surface area contributed by atoms with Crippen LogP contribution in [0.3, 0.4) is 0 Å². The molecule has 0 spiro atoms. The summed E-state index contributed by atoms with van der Waals surface area (Å²) in [4.78, 5) is 23.0. The molecule has 3 N–H and O–H groups in total. The zero-order chi connectivity index (χ0) is 17.1. The smallest absolute Gasteiger partial charge is 0.229 e. The van der Waals surface area contributed by atoms with E-state index in [4.69, 9.17) is 28.9 Å². The molecule has 6 nitrogen and oxygen atoms in total. The number of hydrogen-bond donors (Lipinski definition) is 2. The molecule has 8 heteroatoms. The largest absolute Gasteiger partial charge is 0.396 e. The highest BCUT2D eigenvalue weighted by Crippen LogP contribution is 2.31. The third-order valence-electron chi connectivity index (χ3n) is 4.01. The van der Waals surface area contributed by atoms with Crippen LogP contribution in [0.5, 0.6) is 0 Å². The van der Waals surface area contributed by atoms with E-state index in [1.165, 1.54) is 0 Å². The van der Waals surface area contributed by atoms with E-state index < -0.39 is 0 Å². The molecule has 0 radical (unpaired) electrons. The van der Waals surface area contributed by atoms with E-state index in [0.29, 0.717) is 28.0 Å². The van der Waals surface area contributed by atoms with Crippen molar-refractivity contribution >= 4 is 46.3 Å². The van der Waals surface area contributed by atoms with Crippen LogP contribution in [0.1, 0.15) is 12.8 Å². The first-order valence-corrected chi connectivity index (χ1v) is 8.36. The number of carbonyl (C=O) groups excluding carboxylic acids is 1. The van der Waals surface area contributed by atoms with Crippen molar-refractivity contribution in [2.45, 2.75) is 12.8 Å². The average Bonchev–Trinajstić information content (AvgIpc) is 2.60. The molecular weight excluding hydrogens is 349 g/mol. The first-order chi connectivity index (χ1) is 11.5. The van der Waals surface area contributed by atoms with Gasteiger partial charge in [0.15, 0.2) is 0 Å². The number of hydrogen-bond acceptors (Lipinski definition) is 5. The molecule has 2 aromatic rings. The second kappa shape index (κ2) is 7.23. The van der Waals surface area contributed by atoms with Crippen LogP contribution < -0.4 is 16.0 Å². The Bertz CT molecular complexity index is 717. The summed E-state index contributed by atoms with van der Waals surface area (Å²) >= 11 is 12.0. The lowest BCUT2D eigenvalue weighted by molar-refractivity contribution is -0.120. The zero-order valence-electron chi connectivity index (χ0n) is 12.9. The van der Waals surface area contributed by atoms with Crippen LogP contribution in [0.2, 0.25) is 10.0 Å². The molecule has 1 aromatic carbocycles. The lowest BCUT2D eigenvalue weighted by atomic mass is 9.97. The Kier molecular flexibility index (Phi) is 5.06. The van der Waals surface area contributed by atoms with E-state index in [2.05, 4.69) is 20.2 Å². The van der Waals surface area contributed by atoms with Crippen LogP contribution in [0, 0.1) is 5.92 Å². The number of anilines is 3. The van der Waals surface area contributed by atoms with Crippen molar-refractivity contribution in [2.75, 3.05) is 29.0 Å². The topological polar surface area (TPSA) is 84.1 Å². The minimum absolute atomic E-state index is 0.0690. The van der Waals surface area contributed by atoms with E-state index in [0.717, 1.165) is 25.2 Å². The van der Waals surface area contributed by atoms with Gasteiger partial charge in [-0.15, -0.1) is 0 Å². The fraction of sp³-hybridized carbons (Fsp3) is 0.312. The summed E-state index contributed by atoms with van der Waals surface area (Å²) in [6, 6.07) is 3.20.